The molecule has 1 nitrogen and oxygen atoms in total. The first-order chi connectivity index (χ1) is 7.08. The van der Waals surface area contributed by atoms with Crippen molar-refractivity contribution in [3.63, 3.8) is 0 Å². The van der Waals surface area contributed by atoms with Gasteiger partial charge in [-0.25, -0.2) is 0 Å². The molecule has 0 bridgehead atoms. The SMILES string of the molecule is CC1CCC(C)(C)CNC2=C1CCCC2. The first kappa shape index (κ1) is 11.0. The smallest absolute Gasteiger partial charge is 0.0195 e. The van der Waals surface area contributed by atoms with E-state index in [0.717, 1.165) is 5.92 Å². The van der Waals surface area contributed by atoms with E-state index in [-0.39, 0.29) is 0 Å². The van der Waals surface area contributed by atoms with Gasteiger partial charge in [0.2, 0.25) is 0 Å². The predicted molar refractivity (Wildman–Crippen MR) is 65.7 cm³/mol. The van der Waals surface area contributed by atoms with Crippen LogP contribution >= 0.6 is 0 Å². The Balaban J connectivity index is 2.18. The van der Waals surface area contributed by atoms with Crippen molar-refractivity contribution in [2.75, 3.05) is 6.54 Å². The Bertz CT molecular complexity index is 263. The number of allylic oxidation sites excluding steroid dienone is 2. The minimum atomic E-state index is 0.476. The first-order valence-electron chi connectivity index (χ1n) is 6.54. The van der Waals surface area contributed by atoms with Crippen LogP contribution in [-0.4, -0.2) is 6.54 Å². The van der Waals surface area contributed by atoms with Crippen molar-refractivity contribution in [2.45, 2.75) is 59.3 Å². The highest BCUT2D eigenvalue weighted by atomic mass is 14.9. The van der Waals surface area contributed by atoms with E-state index in [2.05, 4.69) is 26.1 Å². The van der Waals surface area contributed by atoms with Crippen LogP contribution in [0.5, 0.6) is 0 Å². The molecule has 2 aliphatic rings. The van der Waals surface area contributed by atoms with Gasteiger partial charge in [-0.2, -0.15) is 0 Å². The summed E-state index contributed by atoms with van der Waals surface area (Å²) < 4.78 is 0. The molecule has 0 aromatic carbocycles. The third kappa shape index (κ3) is 2.56. The summed E-state index contributed by atoms with van der Waals surface area (Å²) in [7, 11) is 0. The minimum Gasteiger partial charge on any atom is -0.388 e. The zero-order chi connectivity index (χ0) is 10.9. The lowest BCUT2D eigenvalue weighted by Gasteiger charge is -2.35. The molecule has 15 heavy (non-hydrogen) atoms. The molecular weight excluding hydrogens is 182 g/mol. The maximum Gasteiger partial charge on any atom is 0.0195 e. The van der Waals surface area contributed by atoms with Gasteiger partial charge in [-0.1, -0.05) is 20.8 Å². The van der Waals surface area contributed by atoms with Crippen LogP contribution in [-0.2, 0) is 0 Å². The molecule has 1 heterocycles. The van der Waals surface area contributed by atoms with Gasteiger partial charge in [-0.3, -0.25) is 0 Å². The highest BCUT2D eigenvalue weighted by Gasteiger charge is 2.26. The Morgan fingerprint density at radius 2 is 1.93 bits per heavy atom. The van der Waals surface area contributed by atoms with Crippen molar-refractivity contribution >= 4 is 0 Å². The van der Waals surface area contributed by atoms with Gasteiger partial charge in [-0.05, 0) is 55.4 Å². The molecule has 1 aliphatic heterocycles. The third-order valence-electron chi connectivity index (χ3n) is 4.14. The summed E-state index contributed by atoms with van der Waals surface area (Å²) in [5.74, 6) is 0.812. The third-order valence-corrected chi connectivity index (χ3v) is 4.14. The van der Waals surface area contributed by atoms with Gasteiger partial charge < -0.3 is 5.32 Å². The average Bonchev–Trinajstić information content (AvgIpc) is 2.22. The topological polar surface area (TPSA) is 12.0 Å². The van der Waals surface area contributed by atoms with E-state index in [1.807, 2.05) is 0 Å². The molecule has 86 valence electrons. The van der Waals surface area contributed by atoms with E-state index < -0.39 is 0 Å². The lowest BCUT2D eigenvalue weighted by molar-refractivity contribution is 0.282. The van der Waals surface area contributed by atoms with Crippen molar-refractivity contribution in [1.29, 1.82) is 0 Å². The van der Waals surface area contributed by atoms with Gasteiger partial charge in [0.1, 0.15) is 0 Å². The molecule has 1 aliphatic carbocycles. The van der Waals surface area contributed by atoms with E-state index in [4.69, 9.17) is 0 Å². The molecule has 0 aromatic heterocycles. The fourth-order valence-electron chi connectivity index (χ4n) is 2.89. The summed E-state index contributed by atoms with van der Waals surface area (Å²) in [6.07, 6.45) is 8.19. The number of nitrogens with one attached hydrogen (secondary N) is 1. The van der Waals surface area contributed by atoms with E-state index >= 15 is 0 Å². The van der Waals surface area contributed by atoms with Crippen LogP contribution in [0.1, 0.15) is 59.3 Å². The molecule has 1 N–H and O–H groups in total. The van der Waals surface area contributed by atoms with Crippen molar-refractivity contribution in [2.24, 2.45) is 11.3 Å². The lowest BCUT2D eigenvalue weighted by atomic mass is 9.78. The van der Waals surface area contributed by atoms with E-state index in [0.29, 0.717) is 5.41 Å². The fraction of sp³-hybridized carbons (Fsp3) is 0.857. The highest BCUT2D eigenvalue weighted by Crippen LogP contribution is 2.36. The number of rotatable bonds is 0. The first-order valence-corrected chi connectivity index (χ1v) is 6.54. The molecule has 1 unspecified atom stereocenters. The second-order valence-electron chi connectivity index (χ2n) is 6.17. The molecule has 2 rings (SSSR count). The summed E-state index contributed by atoms with van der Waals surface area (Å²) in [6, 6.07) is 0. The lowest BCUT2D eigenvalue weighted by Crippen LogP contribution is -2.33. The predicted octanol–water partition coefficient (Wildman–Crippen LogP) is 3.86. The van der Waals surface area contributed by atoms with Gasteiger partial charge >= 0.3 is 0 Å². The zero-order valence-electron chi connectivity index (χ0n) is 10.5. The molecule has 1 atom stereocenters. The number of hydrogen-bond acceptors (Lipinski definition) is 1. The quantitative estimate of drug-likeness (QED) is 0.636. The van der Waals surface area contributed by atoms with Crippen LogP contribution < -0.4 is 5.32 Å². The van der Waals surface area contributed by atoms with Crippen LogP contribution in [0.3, 0.4) is 0 Å². The van der Waals surface area contributed by atoms with Crippen LogP contribution in [0.2, 0.25) is 0 Å². The van der Waals surface area contributed by atoms with Crippen LogP contribution in [0, 0.1) is 11.3 Å². The molecule has 1 heteroatoms. The Morgan fingerprint density at radius 1 is 1.20 bits per heavy atom. The van der Waals surface area contributed by atoms with Crippen molar-refractivity contribution in [3.05, 3.63) is 11.3 Å². The van der Waals surface area contributed by atoms with Crippen molar-refractivity contribution < 1.29 is 0 Å². The molecule has 0 amide bonds. The van der Waals surface area contributed by atoms with Crippen molar-refractivity contribution in [3.8, 4) is 0 Å². The van der Waals surface area contributed by atoms with E-state index in [1.54, 1.807) is 11.3 Å². The Kier molecular flexibility index (Phi) is 3.08. The zero-order valence-corrected chi connectivity index (χ0v) is 10.5. The van der Waals surface area contributed by atoms with Gasteiger partial charge in [0.05, 0.1) is 0 Å². The van der Waals surface area contributed by atoms with Gasteiger partial charge in [0, 0.05) is 12.2 Å². The second kappa shape index (κ2) is 4.19. The Labute approximate surface area is 94.3 Å². The Hall–Kier alpha value is -0.460. The summed E-state index contributed by atoms with van der Waals surface area (Å²) in [4.78, 5) is 0. The van der Waals surface area contributed by atoms with Crippen molar-refractivity contribution in [1.82, 2.24) is 5.32 Å². The standard InChI is InChI=1S/C14H25N/c1-11-8-9-14(2,3)10-15-13-7-5-4-6-12(11)13/h11,15H,4-10H2,1-3H3. The molecule has 0 saturated carbocycles. The van der Waals surface area contributed by atoms with E-state index in [1.165, 1.54) is 45.1 Å². The average molecular weight is 207 g/mol. The minimum absolute atomic E-state index is 0.476. The molecular formula is C14H25N. The van der Waals surface area contributed by atoms with E-state index in [9.17, 15) is 0 Å². The maximum absolute atomic E-state index is 3.72. The second-order valence-corrected chi connectivity index (χ2v) is 6.17. The number of hydrogen-bond donors (Lipinski definition) is 1. The summed E-state index contributed by atoms with van der Waals surface area (Å²) in [6.45, 7) is 8.37. The fourth-order valence-corrected chi connectivity index (χ4v) is 2.89. The molecule has 0 saturated heterocycles. The summed E-state index contributed by atoms with van der Waals surface area (Å²) in [5, 5.41) is 3.72. The molecule has 0 spiro atoms. The normalized spacial score (nSPS) is 31.3. The monoisotopic (exact) mass is 207 g/mol. The maximum atomic E-state index is 3.72. The van der Waals surface area contributed by atoms with Crippen LogP contribution in [0.4, 0.5) is 0 Å². The largest absolute Gasteiger partial charge is 0.388 e. The molecule has 0 aromatic rings. The highest BCUT2D eigenvalue weighted by molar-refractivity contribution is 5.19. The van der Waals surface area contributed by atoms with Crippen LogP contribution in [0.25, 0.3) is 0 Å². The van der Waals surface area contributed by atoms with Gasteiger partial charge in [-0.15, -0.1) is 0 Å². The Morgan fingerprint density at radius 3 is 2.73 bits per heavy atom. The van der Waals surface area contributed by atoms with Crippen LogP contribution in [0.15, 0.2) is 11.3 Å². The molecule has 0 fully saturated rings. The summed E-state index contributed by atoms with van der Waals surface area (Å²) in [5.41, 5.74) is 3.82. The molecule has 0 radical (unpaired) electrons. The summed E-state index contributed by atoms with van der Waals surface area (Å²) >= 11 is 0. The van der Waals surface area contributed by atoms with Gasteiger partial charge in [0.15, 0.2) is 0 Å². The van der Waals surface area contributed by atoms with Gasteiger partial charge in [0.25, 0.3) is 0 Å².